The van der Waals surface area contributed by atoms with E-state index in [9.17, 15) is 0 Å². The van der Waals surface area contributed by atoms with Crippen molar-refractivity contribution >= 4 is 28.4 Å². The van der Waals surface area contributed by atoms with Crippen LogP contribution in [0.5, 0.6) is 5.75 Å². The Morgan fingerprint density at radius 2 is 2.00 bits per heavy atom. The van der Waals surface area contributed by atoms with E-state index >= 15 is 0 Å². The van der Waals surface area contributed by atoms with Gasteiger partial charge in [0.15, 0.2) is 5.82 Å². The summed E-state index contributed by atoms with van der Waals surface area (Å²) in [6.07, 6.45) is 1.92. The maximum absolute atomic E-state index is 5.98. The van der Waals surface area contributed by atoms with Crippen molar-refractivity contribution < 1.29 is 4.74 Å². The van der Waals surface area contributed by atoms with E-state index in [0.717, 1.165) is 33.4 Å². The number of para-hydroxylation sites is 1. The van der Waals surface area contributed by atoms with Crippen LogP contribution < -0.4 is 10.5 Å². The molecule has 0 saturated carbocycles. The van der Waals surface area contributed by atoms with Crippen molar-refractivity contribution in [2.75, 3.05) is 12.8 Å². The molecule has 0 aliphatic carbocycles. The fourth-order valence-corrected chi connectivity index (χ4v) is 2.38. The van der Waals surface area contributed by atoms with Gasteiger partial charge in [0, 0.05) is 0 Å². The van der Waals surface area contributed by atoms with Gasteiger partial charge in [-0.25, -0.2) is 9.97 Å². The van der Waals surface area contributed by atoms with Gasteiger partial charge in [-0.05, 0) is 41.1 Å². The van der Waals surface area contributed by atoms with Crippen molar-refractivity contribution in [3.8, 4) is 17.1 Å². The third kappa shape index (κ3) is 2.97. The summed E-state index contributed by atoms with van der Waals surface area (Å²) in [5, 5.41) is 0. The van der Waals surface area contributed by atoms with E-state index in [1.807, 2.05) is 24.3 Å². The number of ether oxygens (including phenoxy) is 1. The molecule has 1 heterocycles. The molecule has 4 nitrogen and oxygen atoms in total. The first kappa shape index (κ1) is 14.0. The number of anilines is 1. The second kappa shape index (κ2) is 6.18. The summed E-state index contributed by atoms with van der Waals surface area (Å²) in [5.41, 5.74) is 7.84. The fourth-order valence-electron chi connectivity index (χ4n) is 1.87. The minimum atomic E-state index is 0.528. The van der Waals surface area contributed by atoms with Crippen molar-refractivity contribution in [3.63, 3.8) is 0 Å². The lowest BCUT2D eigenvalue weighted by Gasteiger charge is -2.11. The highest BCUT2D eigenvalue weighted by atomic mass is 127. The summed E-state index contributed by atoms with van der Waals surface area (Å²) in [4.78, 5) is 9.00. The highest BCUT2D eigenvalue weighted by molar-refractivity contribution is 14.1. The standard InChI is InChI=1S/C14H16IN3O/c1-3-6-10-12(15)13(16)18-14(17-10)9-7-4-5-8-11(9)19-2/h4-5,7-8H,3,6H2,1-2H3,(H2,16,17,18). The molecule has 0 aliphatic heterocycles. The average molecular weight is 369 g/mol. The first-order chi connectivity index (χ1) is 9.17. The molecule has 0 amide bonds. The Morgan fingerprint density at radius 1 is 1.26 bits per heavy atom. The third-order valence-electron chi connectivity index (χ3n) is 2.78. The molecule has 100 valence electrons. The zero-order valence-corrected chi connectivity index (χ0v) is 13.1. The number of nitrogens with two attached hydrogens (primary N) is 1. The molecule has 2 aromatic rings. The SMILES string of the molecule is CCCc1nc(-c2ccccc2OC)nc(N)c1I. The fraction of sp³-hybridized carbons (Fsp3) is 0.286. The topological polar surface area (TPSA) is 61.0 Å². The van der Waals surface area contributed by atoms with Gasteiger partial charge >= 0.3 is 0 Å². The number of benzene rings is 1. The van der Waals surface area contributed by atoms with Gasteiger partial charge in [-0.1, -0.05) is 25.5 Å². The predicted octanol–water partition coefficient (Wildman–Crippen LogP) is 3.29. The molecule has 19 heavy (non-hydrogen) atoms. The van der Waals surface area contributed by atoms with Gasteiger partial charge in [-0.2, -0.15) is 0 Å². The molecule has 2 rings (SSSR count). The molecule has 1 aromatic heterocycles. The quantitative estimate of drug-likeness (QED) is 0.841. The van der Waals surface area contributed by atoms with Crippen LogP contribution in [-0.2, 0) is 6.42 Å². The summed E-state index contributed by atoms with van der Waals surface area (Å²) in [6, 6.07) is 7.70. The molecule has 5 heteroatoms. The lowest BCUT2D eigenvalue weighted by molar-refractivity contribution is 0.416. The number of halogens is 1. The van der Waals surface area contributed by atoms with E-state index in [-0.39, 0.29) is 0 Å². The van der Waals surface area contributed by atoms with Crippen molar-refractivity contribution in [1.82, 2.24) is 9.97 Å². The van der Waals surface area contributed by atoms with Crippen LogP contribution in [-0.4, -0.2) is 17.1 Å². The number of nitrogens with zero attached hydrogens (tertiary/aromatic N) is 2. The van der Waals surface area contributed by atoms with Crippen LogP contribution in [0.4, 0.5) is 5.82 Å². The molecule has 0 fully saturated rings. The molecular formula is C14H16IN3O. The Bertz CT molecular complexity index is 587. The second-order valence-electron chi connectivity index (χ2n) is 4.14. The van der Waals surface area contributed by atoms with Crippen molar-refractivity contribution in [3.05, 3.63) is 33.5 Å². The van der Waals surface area contributed by atoms with Crippen molar-refractivity contribution in [2.24, 2.45) is 0 Å². The largest absolute Gasteiger partial charge is 0.496 e. The van der Waals surface area contributed by atoms with Gasteiger partial charge in [0.1, 0.15) is 11.6 Å². The summed E-state index contributed by atoms with van der Waals surface area (Å²) >= 11 is 2.20. The minimum Gasteiger partial charge on any atom is -0.496 e. The van der Waals surface area contributed by atoms with Gasteiger partial charge in [-0.3, -0.25) is 0 Å². The van der Waals surface area contributed by atoms with Gasteiger partial charge < -0.3 is 10.5 Å². The molecule has 2 N–H and O–H groups in total. The smallest absolute Gasteiger partial charge is 0.165 e. The Labute approximate surface area is 126 Å². The maximum Gasteiger partial charge on any atom is 0.165 e. The zero-order valence-electron chi connectivity index (χ0n) is 11.0. The maximum atomic E-state index is 5.98. The lowest BCUT2D eigenvalue weighted by Crippen LogP contribution is -2.05. The van der Waals surface area contributed by atoms with Gasteiger partial charge in [0.25, 0.3) is 0 Å². The Kier molecular flexibility index (Phi) is 4.57. The monoisotopic (exact) mass is 369 g/mol. The van der Waals surface area contributed by atoms with Crippen molar-refractivity contribution in [1.29, 1.82) is 0 Å². The predicted molar refractivity (Wildman–Crippen MR) is 85.1 cm³/mol. The number of rotatable bonds is 4. The van der Waals surface area contributed by atoms with Crippen LogP contribution in [0.3, 0.4) is 0 Å². The van der Waals surface area contributed by atoms with E-state index in [1.54, 1.807) is 7.11 Å². The van der Waals surface area contributed by atoms with E-state index in [4.69, 9.17) is 10.5 Å². The highest BCUT2D eigenvalue weighted by Gasteiger charge is 2.13. The Morgan fingerprint density at radius 3 is 2.68 bits per heavy atom. The van der Waals surface area contributed by atoms with E-state index in [2.05, 4.69) is 39.5 Å². The third-order valence-corrected chi connectivity index (χ3v) is 3.96. The number of hydrogen-bond acceptors (Lipinski definition) is 4. The summed E-state index contributed by atoms with van der Waals surface area (Å²) in [6.45, 7) is 2.12. The van der Waals surface area contributed by atoms with Crippen molar-refractivity contribution in [2.45, 2.75) is 19.8 Å². The first-order valence-corrected chi connectivity index (χ1v) is 7.20. The summed E-state index contributed by atoms with van der Waals surface area (Å²) in [5.74, 6) is 1.91. The number of methoxy groups -OCH3 is 1. The molecule has 0 bridgehead atoms. The van der Waals surface area contributed by atoms with E-state index in [0.29, 0.717) is 11.6 Å². The minimum absolute atomic E-state index is 0.528. The number of hydrogen-bond donors (Lipinski definition) is 1. The summed E-state index contributed by atoms with van der Waals surface area (Å²) in [7, 11) is 1.64. The second-order valence-corrected chi connectivity index (χ2v) is 5.22. The van der Waals surface area contributed by atoms with Crippen LogP contribution in [0, 0.1) is 3.57 Å². The molecule has 0 spiro atoms. The zero-order chi connectivity index (χ0) is 13.8. The van der Waals surface area contributed by atoms with E-state index < -0.39 is 0 Å². The molecule has 0 radical (unpaired) electrons. The van der Waals surface area contributed by atoms with Crippen LogP contribution >= 0.6 is 22.6 Å². The molecule has 0 saturated heterocycles. The molecule has 0 atom stereocenters. The first-order valence-electron chi connectivity index (χ1n) is 6.12. The van der Waals surface area contributed by atoms with Crippen LogP contribution in [0.25, 0.3) is 11.4 Å². The van der Waals surface area contributed by atoms with Crippen LogP contribution in [0.2, 0.25) is 0 Å². The van der Waals surface area contributed by atoms with E-state index in [1.165, 1.54) is 0 Å². The van der Waals surface area contributed by atoms with Gasteiger partial charge in [0.2, 0.25) is 0 Å². The lowest BCUT2D eigenvalue weighted by atomic mass is 10.1. The van der Waals surface area contributed by atoms with Crippen LogP contribution in [0.1, 0.15) is 19.0 Å². The normalized spacial score (nSPS) is 10.5. The Balaban J connectivity index is 2.56. The molecule has 0 unspecified atom stereocenters. The van der Waals surface area contributed by atoms with Gasteiger partial charge in [0.05, 0.1) is 21.9 Å². The Hall–Kier alpha value is -1.37. The number of aryl methyl sites for hydroxylation is 1. The number of aromatic nitrogens is 2. The molecule has 1 aromatic carbocycles. The highest BCUT2D eigenvalue weighted by Crippen LogP contribution is 2.29. The molecule has 0 aliphatic rings. The molecular weight excluding hydrogens is 353 g/mol. The average Bonchev–Trinajstić information content (AvgIpc) is 2.43. The van der Waals surface area contributed by atoms with Gasteiger partial charge in [-0.15, -0.1) is 0 Å². The van der Waals surface area contributed by atoms with Crippen LogP contribution in [0.15, 0.2) is 24.3 Å². The summed E-state index contributed by atoms with van der Waals surface area (Å²) < 4.78 is 6.29. The number of nitrogen functional groups attached to an aromatic ring is 1.